The monoisotopic (exact) mass is 277 g/mol. The highest BCUT2D eigenvalue weighted by atomic mass is 16.3. The van der Waals surface area contributed by atoms with Crippen LogP contribution in [0, 0.1) is 5.92 Å². The number of carbonyl (C=O) groups is 2. The zero-order chi connectivity index (χ0) is 14.2. The number of carbonyl (C=O) groups excluding carboxylic acids is 2. The number of rotatable bonds is 5. The summed E-state index contributed by atoms with van der Waals surface area (Å²) in [5, 5.41) is 6.38. The van der Waals surface area contributed by atoms with Crippen molar-refractivity contribution in [3.8, 4) is 0 Å². The Morgan fingerprint density at radius 2 is 2.15 bits per heavy atom. The van der Waals surface area contributed by atoms with Gasteiger partial charge in [0.1, 0.15) is 5.76 Å². The first-order chi connectivity index (χ1) is 9.75. The van der Waals surface area contributed by atoms with E-state index in [4.69, 9.17) is 4.42 Å². The predicted octanol–water partition coefficient (Wildman–Crippen LogP) is 1.43. The molecule has 20 heavy (non-hydrogen) atoms. The Morgan fingerprint density at radius 1 is 1.35 bits per heavy atom. The van der Waals surface area contributed by atoms with Crippen LogP contribution < -0.4 is 10.7 Å². The highest BCUT2D eigenvalue weighted by Crippen LogP contribution is 2.23. The van der Waals surface area contributed by atoms with Crippen molar-refractivity contribution >= 4 is 18.0 Å². The topological polar surface area (TPSA) is 83.7 Å². The molecule has 1 aromatic rings. The molecule has 1 fully saturated rings. The van der Waals surface area contributed by atoms with Crippen LogP contribution in [-0.2, 0) is 9.59 Å². The highest BCUT2D eigenvalue weighted by molar-refractivity contribution is 5.86. The van der Waals surface area contributed by atoms with Crippen LogP contribution in [-0.4, -0.2) is 24.6 Å². The van der Waals surface area contributed by atoms with Gasteiger partial charge in [0, 0.05) is 5.92 Å². The van der Waals surface area contributed by atoms with Gasteiger partial charge in [-0.1, -0.05) is 19.3 Å². The molecular weight excluding hydrogens is 258 g/mol. The molecular formula is C14H19N3O3. The summed E-state index contributed by atoms with van der Waals surface area (Å²) in [5.74, 6) is 0.228. The number of hydrogen-bond donors (Lipinski definition) is 2. The predicted molar refractivity (Wildman–Crippen MR) is 74.0 cm³/mol. The summed E-state index contributed by atoms with van der Waals surface area (Å²) in [4.78, 5) is 23.3. The molecule has 1 heterocycles. The average molecular weight is 277 g/mol. The van der Waals surface area contributed by atoms with E-state index in [-0.39, 0.29) is 24.3 Å². The summed E-state index contributed by atoms with van der Waals surface area (Å²) in [5.41, 5.74) is 2.34. The molecule has 6 nitrogen and oxygen atoms in total. The Kier molecular flexibility index (Phi) is 5.34. The van der Waals surface area contributed by atoms with E-state index in [9.17, 15) is 9.59 Å². The zero-order valence-electron chi connectivity index (χ0n) is 11.3. The second-order valence-electron chi connectivity index (χ2n) is 4.86. The van der Waals surface area contributed by atoms with Gasteiger partial charge in [-0.2, -0.15) is 5.10 Å². The Morgan fingerprint density at radius 3 is 2.85 bits per heavy atom. The molecule has 6 heteroatoms. The smallest absolute Gasteiger partial charge is 0.259 e. The molecule has 0 radical (unpaired) electrons. The highest BCUT2D eigenvalue weighted by Gasteiger charge is 2.21. The number of furan rings is 1. The number of amides is 2. The Labute approximate surface area is 117 Å². The van der Waals surface area contributed by atoms with Crippen molar-refractivity contribution in [3.63, 3.8) is 0 Å². The maximum absolute atomic E-state index is 11.8. The maximum atomic E-state index is 11.8. The number of nitrogens with zero attached hydrogens (tertiary/aromatic N) is 1. The van der Waals surface area contributed by atoms with Crippen molar-refractivity contribution < 1.29 is 14.0 Å². The molecule has 0 unspecified atom stereocenters. The summed E-state index contributed by atoms with van der Waals surface area (Å²) in [6, 6.07) is 3.45. The van der Waals surface area contributed by atoms with E-state index >= 15 is 0 Å². The van der Waals surface area contributed by atoms with Crippen molar-refractivity contribution in [1.29, 1.82) is 0 Å². The Hall–Kier alpha value is -2.11. The standard InChI is InChI=1S/C14H19N3O3/c18-13(17-16-9-12-7-4-8-20-12)10-15-14(19)11-5-2-1-3-6-11/h4,7-9,11H,1-3,5-6,10H2,(H,15,19)(H,17,18)/b16-9+. The first-order valence-corrected chi connectivity index (χ1v) is 6.89. The normalized spacial score (nSPS) is 16.2. The summed E-state index contributed by atoms with van der Waals surface area (Å²) < 4.78 is 5.02. The second kappa shape index (κ2) is 7.47. The number of hydrazone groups is 1. The summed E-state index contributed by atoms with van der Waals surface area (Å²) >= 11 is 0. The summed E-state index contributed by atoms with van der Waals surface area (Å²) in [6.07, 6.45) is 8.16. The van der Waals surface area contributed by atoms with E-state index in [1.165, 1.54) is 18.9 Å². The molecule has 0 bridgehead atoms. The van der Waals surface area contributed by atoms with E-state index < -0.39 is 0 Å². The molecule has 1 saturated carbocycles. The molecule has 108 valence electrons. The van der Waals surface area contributed by atoms with Crippen LogP contribution in [0.2, 0.25) is 0 Å². The summed E-state index contributed by atoms with van der Waals surface area (Å²) in [6.45, 7) is -0.0508. The number of hydrogen-bond acceptors (Lipinski definition) is 4. The van der Waals surface area contributed by atoms with Gasteiger partial charge in [0.25, 0.3) is 5.91 Å². The molecule has 0 spiro atoms. The summed E-state index contributed by atoms with van der Waals surface area (Å²) in [7, 11) is 0. The number of nitrogens with one attached hydrogen (secondary N) is 2. The Balaban J connectivity index is 1.65. The van der Waals surface area contributed by atoms with Gasteiger partial charge >= 0.3 is 0 Å². The van der Waals surface area contributed by atoms with Gasteiger partial charge < -0.3 is 9.73 Å². The van der Waals surface area contributed by atoms with E-state index in [1.807, 2.05) is 0 Å². The second-order valence-corrected chi connectivity index (χ2v) is 4.86. The van der Waals surface area contributed by atoms with Crippen molar-refractivity contribution in [3.05, 3.63) is 24.2 Å². The Bertz CT molecular complexity index is 462. The van der Waals surface area contributed by atoms with Crippen molar-refractivity contribution in [2.45, 2.75) is 32.1 Å². The van der Waals surface area contributed by atoms with Crippen LogP contribution in [0.4, 0.5) is 0 Å². The van der Waals surface area contributed by atoms with Gasteiger partial charge in [0.2, 0.25) is 5.91 Å². The first kappa shape index (κ1) is 14.3. The van der Waals surface area contributed by atoms with E-state index in [0.717, 1.165) is 25.7 Å². The molecule has 0 saturated heterocycles. The van der Waals surface area contributed by atoms with Crippen LogP contribution in [0.25, 0.3) is 0 Å². The van der Waals surface area contributed by atoms with Crippen LogP contribution in [0.5, 0.6) is 0 Å². The largest absolute Gasteiger partial charge is 0.463 e. The molecule has 2 amide bonds. The minimum absolute atomic E-state index is 0.0325. The van der Waals surface area contributed by atoms with Crippen LogP contribution in [0.1, 0.15) is 37.9 Å². The van der Waals surface area contributed by atoms with Gasteiger partial charge in [-0.3, -0.25) is 9.59 Å². The van der Waals surface area contributed by atoms with E-state index in [0.29, 0.717) is 5.76 Å². The lowest BCUT2D eigenvalue weighted by Gasteiger charge is -2.20. The fourth-order valence-electron chi connectivity index (χ4n) is 2.25. The van der Waals surface area contributed by atoms with Gasteiger partial charge in [-0.15, -0.1) is 0 Å². The maximum Gasteiger partial charge on any atom is 0.259 e. The van der Waals surface area contributed by atoms with Crippen LogP contribution >= 0.6 is 0 Å². The van der Waals surface area contributed by atoms with Gasteiger partial charge in [0.05, 0.1) is 19.0 Å². The van der Waals surface area contributed by atoms with Gasteiger partial charge in [-0.05, 0) is 25.0 Å². The van der Waals surface area contributed by atoms with Gasteiger partial charge in [0.15, 0.2) is 0 Å². The fraction of sp³-hybridized carbons (Fsp3) is 0.500. The molecule has 0 aliphatic heterocycles. The minimum Gasteiger partial charge on any atom is -0.463 e. The minimum atomic E-state index is -0.350. The third kappa shape index (κ3) is 4.53. The quantitative estimate of drug-likeness (QED) is 0.630. The zero-order valence-corrected chi connectivity index (χ0v) is 11.3. The molecule has 1 aromatic heterocycles. The molecule has 1 aliphatic carbocycles. The van der Waals surface area contributed by atoms with Crippen molar-refractivity contribution in [2.75, 3.05) is 6.54 Å². The van der Waals surface area contributed by atoms with Crippen molar-refractivity contribution in [2.24, 2.45) is 11.0 Å². The molecule has 2 N–H and O–H groups in total. The third-order valence-corrected chi connectivity index (χ3v) is 3.32. The lowest BCUT2D eigenvalue weighted by Crippen LogP contribution is -2.38. The van der Waals surface area contributed by atoms with E-state index in [2.05, 4.69) is 15.8 Å². The van der Waals surface area contributed by atoms with Crippen LogP contribution in [0.3, 0.4) is 0 Å². The third-order valence-electron chi connectivity index (χ3n) is 3.32. The molecule has 0 atom stereocenters. The van der Waals surface area contributed by atoms with E-state index in [1.54, 1.807) is 12.1 Å². The lowest BCUT2D eigenvalue weighted by molar-refractivity contribution is -0.129. The molecule has 1 aliphatic rings. The van der Waals surface area contributed by atoms with Crippen LogP contribution in [0.15, 0.2) is 27.9 Å². The lowest BCUT2D eigenvalue weighted by atomic mass is 9.89. The SMILES string of the molecule is O=C(CNC(=O)C1CCCCC1)N/N=C/c1ccco1. The average Bonchev–Trinajstić information content (AvgIpc) is 2.99. The first-order valence-electron chi connectivity index (χ1n) is 6.89. The van der Waals surface area contributed by atoms with Gasteiger partial charge in [-0.25, -0.2) is 5.43 Å². The van der Waals surface area contributed by atoms with Crippen molar-refractivity contribution in [1.82, 2.24) is 10.7 Å². The molecule has 2 rings (SSSR count). The molecule has 0 aromatic carbocycles. The fourth-order valence-corrected chi connectivity index (χ4v) is 2.25.